The van der Waals surface area contributed by atoms with E-state index in [9.17, 15) is 4.39 Å². The summed E-state index contributed by atoms with van der Waals surface area (Å²) in [6.45, 7) is 4.89. The Bertz CT molecular complexity index is 556. The van der Waals surface area contributed by atoms with Gasteiger partial charge in [0.1, 0.15) is 5.82 Å². The van der Waals surface area contributed by atoms with Crippen molar-refractivity contribution >= 4 is 11.8 Å². The van der Waals surface area contributed by atoms with E-state index in [1.807, 2.05) is 0 Å². The molecule has 0 fully saturated rings. The van der Waals surface area contributed by atoms with Crippen molar-refractivity contribution in [2.75, 3.05) is 23.7 Å². The van der Waals surface area contributed by atoms with Crippen LogP contribution in [0.4, 0.5) is 16.2 Å². The number of hydrogen-bond acceptors (Lipinski definition) is 5. The SMILES string of the molecule is C=CCNc1cnnc(NCCc2ccc(F)cc2)n1. The fourth-order valence-corrected chi connectivity index (χ4v) is 1.61. The third-order valence-electron chi connectivity index (χ3n) is 2.60. The van der Waals surface area contributed by atoms with Gasteiger partial charge in [-0.1, -0.05) is 18.2 Å². The number of nitrogens with zero attached hydrogens (tertiary/aromatic N) is 3. The summed E-state index contributed by atoms with van der Waals surface area (Å²) in [6.07, 6.45) is 4.05. The summed E-state index contributed by atoms with van der Waals surface area (Å²) in [5.74, 6) is 0.876. The Morgan fingerprint density at radius 1 is 1.20 bits per heavy atom. The topological polar surface area (TPSA) is 62.7 Å². The van der Waals surface area contributed by atoms with Crippen LogP contribution < -0.4 is 10.6 Å². The van der Waals surface area contributed by atoms with Crippen LogP contribution in [-0.4, -0.2) is 28.3 Å². The van der Waals surface area contributed by atoms with Crippen molar-refractivity contribution in [2.24, 2.45) is 0 Å². The van der Waals surface area contributed by atoms with Crippen LogP contribution in [0, 0.1) is 5.82 Å². The summed E-state index contributed by atoms with van der Waals surface area (Å²) < 4.78 is 12.8. The summed E-state index contributed by atoms with van der Waals surface area (Å²) in [6, 6.07) is 6.43. The molecule has 0 atom stereocenters. The Morgan fingerprint density at radius 2 is 2.00 bits per heavy atom. The van der Waals surface area contributed by atoms with E-state index < -0.39 is 0 Å². The molecular weight excluding hydrogens is 257 g/mol. The van der Waals surface area contributed by atoms with Gasteiger partial charge in [0.05, 0.1) is 6.20 Å². The molecule has 1 aromatic heterocycles. The largest absolute Gasteiger partial charge is 0.365 e. The molecule has 0 spiro atoms. The number of aromatic nitrogens is 3. The first kappa shape index (κ1) is 13.9. The zero-order valence-electron chi connectivity index (χ0n) is 11.0. The summed E-state index contributed by atoms with van der Waals surface area (Å²) in [7, 11) is 0. The predicted molar refractivity (Wildman–Crippen MR) is 77.1 cm³/mol. The minimum atomic E-state index is -0.227. The molecule has 2 rings (SSSR count). The van der Waals surface area contributed by atoms with E-state index in [4.69, 9.17) is 0 Å². The Labute approximate surface area is 117 Å². The van der Waals surface area contributed by atoms with E-state index in [1.165, 1.54) is 12.1 Å². The molecule has 0 aliphatic carbocycles. The molecule has 0 aliphatic rings. The molecule has 0 saturated heterocycles. The lowest BCUT2D eigenvalue weighted by Crippen LogP contribution is -2.10. The highest BCUT2D eigenvalue weighted by molar-refractivity contribution is 5.37. The van der Waals surface area contributed by atoms with Crippen LogP contribution in [-0.2, 0) is 6.42 Å². The van der Waals surface area contributed by atoms with Crippen molar-refractivity contribution in [1.29, 1.82) is 0 Å². The smallest absolute Gasteiger partial charge is 0.244 e. The van der Waals surface area contributed by atoms with Gasteiger partial charge in [0.25, 0.3) is 0 Å². The number of anilines is 2. The zero-order valence-corrected chi connectivity index (χ0v) is 11.0. The van der Waals surface area contributed by atoms with Gasteiger partial charge in [0, 0.05) is 13.1 Å². The van der Waals surface area contributed by atoms with Crippen molar-refractivity contribution in [1.82, 2.24) is 15.2 Å². The molecule has 5 nitrogen and oxygen atoms in total. The van der Waals surface area contributed by atoms with E-state index in [0.717, 1.165) is 12.0 Å². The molecule has 2 N–H and O–H groups in total. The van der Waals surface area contributed by atoms with Gasteiger partial charge in [-0.05, 0) is 24.1 Å². The second kappa shape index (κ2) is 7.18. The van der Waals surface area contributed by atoms with E-state index in [1.54, 1.807) is 24.4 Å². The average Bonchev–Trinajstić information content (AvgIpc) is 2.48. The lowest BCUT2D eigenvalue weighted by atomic mass is 10.1. The Hall–Kier alpha value is -2.50. The predicted octanol–water partition coefficient (Wildman–Crippen LogP) is 2.26. The number of benzene rings is 1. The van der Waals surface area contributed by atoms with Crippen molar-refractivity contribution in [2.45, 2.75) is 6.42 Å². The second-order valence-electron chi connectivity index (χ2n) is 4.14. The van der Waals surface area contributed by atoms with Crippen molar-refractivity contribution in [3.8, 4) is 0 Å². The molecule has 0 amide bonds. The Balaban J connectivity index is 1.84. The van der Waals surface area contributed by atoms with Crippen LogP contribution in [0.2, 0.25) is 0 Å². The minimum absolute atomic E-state index is 0.227. The molecule has 0 saturated carbocycles. The number of rotatable bonds is 7. The summed E-state index contributed by atoms with van der Waals surface area (Å²) in [4.78, 5) is 4.25. The van der Waals surface area contributed by atoms with Gasteiger partial charge in [0.2, 0.25) is 5.95 Å². The lowest BCUT2D eigenvalue weighted by molar-refractivity contribution is 0.627. The van der Waals surface area contributed by atoms with Crippen LogP contribution in [0.3, 0.4) is 0 Å². The number of halogens is 1. The van der Waals surface area contributed by atoms with Gasteiger partial charge in [-0.25, -0.2) is 4.39 Å². The van der Waals surface area contributed by atoms with Crippen molar-refractivity contribution in [3.63, 3.8) is 0 Å². The molecular formula is C14H16FN5. The van der Waals surface area contributed by atoms with E-state index in [-0.39, 0.29) is 5.82 Å². The minimum Gasteiger partial charge on any atom is -0.365 e. The molecule has 6 heteroatoms. The fourth-order valence-electron chi connectivity index (χ4n) is 1.61. The van der Waals surface area contributed by atoms with Crippen LogP contribution in [0.25, 0.3) is 0 Å². The summed E-state index contributed by atoms with van der Waals surface area (Å²) >= 11 is 0. The van der Waals surface area contributed by atoms with E-state index >= 15 is 0 Å². The first-order chi connectivity index (χ1) is 9.78. The maximum absolute atomic E-state index is 12.8. The summed E-state index contributed by atoms with van der Waals surface area (Å²) in [5, 5.41) is 13.9. The van der Waals surface area contributed by atoms with Gasteiger partial charge in [-0.3, -0.25) is 0 Å². The molecule has 2 aromatic rings. The van der Waals surface area contributed by atoms with Crippen LogP contribution in [0.5, 0.6) is 0 Å². The highest BCUT2D eigenvalue weighted by atomic mass is 19.1. The molecule has 0 unspecified atom stereocenters. The highest BCUT2D eigenvalue weighted by Gasteiger charge is 2.00. The van der Waals surface area contributed by atoms with Crippen LogP contribution >= 0.6 is 0 Å². The molecule has 1 heterocycles. The lowest BCUT2D eigenvalue weighted by Gasteiger charge is -2.06. The molecule has 104 valence electrons. The molecule has 20 heavy (non-hydrogen) atoms. The van der Waals surface area contributed by atoms with Crippen molar-refractivity contribution in [3.05, 3.63) is 54.5 Å². The first-order valence-corrected chi connectivity index (χ1v) is 6.31. The molecule has 0 radical (unpaired) electrons. The van der Waals surface area contributed by atoms with Gasteiger partial charge in [-0.2, -0.15) is 10.1 Å². The molecule has 1 aromatic carbocycles. The second-order valence-corrected chi connectivity index (χ2v) is 4.14. The number of hydrogen-bond donors (Lipinski definition) is 2. The normalized spacial score (nSPS) is 10.1. The van der Waals surface area contributed by atoms with Gasteiger partial charge >= 0.3 is 0 Å². The standard InChI is InChI=1S/C14H16FN5/c1-2-8-16-13-10-18-20-14(19-13)17-9-7-11-3-5-12(15)6-4-11/h2-6,10H,1,7-9H2,(H2,16,17,19,20). The maximum atomic E-state index is 12.8. The quantitative estimate of drug-likeness (QED) is 0.758. The third-order valence-corrected chi connectivity index (χ3v) is 2.60. The zero-order chi connectivity index (χ0) is 14.2. The Morgan fingerprint density at radius 3 is 2.75 bits per heavy atom. The van der Waals surface area contributed by atoms with Gasteiger partial charge < -0.3 is 10.6 Å². The van der Waals surface area contributed by atoms with Gasteiger partial charge in [-0.15, -0.1) is 11.7 Å². The van der Waals surface area contributed by atoms with Crippen molar-refractivity contribution < 1.29 is 4.39 Å². The first-order valence-electron chi connectivity index (χ1n) is 6.31. The van der Waals surface area contributed by atoms with E-state index in [2.05, 4.69) is 32.4 Å². The van der Waals surface area contributed by atoms with Gasteiger partial charge in [0.15, 0.2) is 5.82 Å². The van der Waals surface area contributed by atoms with Crippen LogP contribution in [0.1, 0.15) is 5.56 Å². The number of nitrogens with one attached hydrogen (secondary N) is 2. The monoisotopic (exact) mass is 273 g/mol. The molecule has 0 aliphatic heterocycles. The summed E-state index contributed by atoms with van der Waals surface area (Å²) in [5.41, 5.74) is 1.05. The third kappa shape index (κ3) is 4.31. The van der Waals surface area contributed by atoms with E-state index in [0.29, 0.717) is 24.9 Å². The Kier molecular flexibility index (Phi) is 5.00. The molecule has 0 bridgehead atoms. The fraction of sp³-hybridized carbons (Fsp3) is 0.214. The van der Waals surface area contributed by atoms with Crippen LogP contribution in [0.15, 0.2) is 43.1 Å². The average molecular weight is 273 g/mol. The maximum Gasteiger partial charge on any atom is 0.244 e. The highest BCUT2D eigenvalue weighted by Crippen LogP contribution is 2.05.